The summed E-state index contributed by atoms with van der Waals surface area (Å²) in [6.07, 6.45) is 3.15. The van der Waals surface area contributed by atoms with Gasteiger partial charge in [-0.2, -0.15) is 0 Å². The van der Waals surface area contributed by atoms with E-state index in [0.717, 1.165) is 43.6 Å². The molecule has 0 unspecified atom stereocenters. The second-order valence-corrected chi connectivity index (χ2v) is 11.8. The topological polar surface area (TPSA) is 104 Å². The van der Waals surface area contributed by atoms with Crippen molar-refractivity contribution in [1.29, 1.82) is 0 Å². The van der Waals surface area contributed by atoms with E-state index in [0.29, 0.717) is 50.9 Å². The van der Waals surface area contributed by atoms with Crippen molar-refractivity contribution in [1.82, 2.24) is 14.5 Å². The van der Waals surface area contributed by atoms with Gasteiger partial charge in [-0.1, -0.05) is 66.7 Å². The van der Waals surface area contributed by atoms with Crippen LogP contribution in [0.15, 0.2) is 138 Å². The van der Waals surface area contributed by atoms with Crippen LogP contribution in [0, 0.1) is 6.92 Å². The van der Waals surface area contributed by atoms with E-state index in [1.807, 2.05) is 122 Å². The van der Waals surface area contributed by atoms with Crippen molar-refractivity contribution in [2.75, 3.05) is 0 Å². The number of nitrogens with zero attached hydrogens (tertiary/aromatic N) is 3. The Morgan fingerprint density at radius 3 is 2.08 bits per heavy atom. The maximum absolute atomic E-state index is 13.2. The largest absolute Gasteiger partial charge is 0.453 e. The molecule has 8 heteroatoms. The summed E-state index contributed by atoms with van der Waals surface area (Å²) in [7, 11) is 1.88. The maximum atomic E-state index is 13.2. The molecule has 0 radical (unpaired) electrons. The van der Waals surface area contributed by atoms with E-state index in [1.54, 1.807) is 12.4 Å². The highest BCUT2D eigenvalue weighted by Crippen LogP contribution is 2.34. The molecule has 0 aliphatic heterocycles. The van der Waals surface area contributed by atoms with Crippen LogP contribution in [0.4, 0.5) is 0 Å². The van der Waals surface area contributed by atoms with Crippen molar-refractivity contribution in [3.05, 3.63) is 142 Å². The van der Waals surface area contributed by atoms with Crippen molar-refractivity contribution in [3.8, 4) is 45.4 Å². The molecule has 4 aromatic carbocycles. The van der Waals surface area contributed by atoms with Gasteiger partial charge in [0.25, 0.3) is 0 Å². The molecule has 0 amide bonds. The summed E-state index contributed by atoms with van der Waals surface area (Å²) < 4.78 is 19.7. The highest BCUT2D eigenvalue weighted by molar-refractivity contribution is 6.08. The van der Waals surface area contributed by atoms with Gasteiger partial charge in [0.1, 0.15) is 16.9 Å². The Morgan fingerprint density at radius 2 is 1.27 bits per heavy atom. The Bertz CT molecular complexity index is 2860. The molecule has 0 atom stereocenters. The van der Waals surface area contributed by atoms with Crippen molar-refractivity contribution in [2.24, 2.45) is 7.05 Å². The first-order valence-electron chi connectivity index (χ1n) is 15.4. The molecule has 48 heavy (non-hydrogen) atoms. The van der Waals surface area contributed by atoms with Crippen LogP contribution in [0.1, 0.15) is 5.56 Å². The highest BCUT2D eigenvalue weighted by atomic mass is 16.4. The lowest BCUT2D eigenvalue weighted by atomic mass is 9.98. The molecule has 5 heterocycles. The molecule has 0 aliphatic rings. The van der Waals surface area contributed by atoms with Gasteiger partial charge in [-0.3, -0.25) is 4.98 Å². The lowest BCUT2D eigenvalue weighted by molar-refractivity contribution is 0.562. The third-order valence-electron chi connectivity index (χ3n) is 9.09. The third-order valence-corrected chi connectivity index (χ3v) is 9.09. The van der Waals surface area contributed by atoms with E-state index in [4.69, 9.17) is 13.3 Å². The predicted octanol–water partition coefficient (Wildman–Crippen LogP) is 8.90. The smallest absolute Gasteiger partial charge is 0.346 e. The van der Waals surface area contributed by atoms with Crippen LogP contribution in [0.3, 0.4) is 0 Å². The van der Waals surface area contributed by atoms with Crippen LogP contribution < -0.4 is 11.3 Å². The molecule has 9 aromatic rings. The molecular formula is C40H25N3O5. The molecular weight excluding hydrogens is 602 g/mol. The zero-order chi connectivity index (χ0) is 32.5. The van der Waals surface area contributed by atoms with Crippen molar-refractivity contribution >= 4 is 43.5 Å². The number of benzene rings is 4. The molecule has 0 N–H and O–H groups in total. The van der Waals surface area contributed by atoms with E-state index in [1.165, 1.54) is 0 Å². The molecule has 0 aliphatic carbocycles. The molecule has 230 valence electrons. The highest BCUT2D eigenvalue weighted by Gasteiger charge is 2.20. The van der Waals surface area contributed by atoms with Gasteiger partial charge in [0.15, 0.2) is 11.5 Å². The quantitative estimate of drug-likeness (QED) is 0.142. The van der Waals surface area contributed by atoms with Crippen LogP contribution in [0.2, 0.25) is 0 Å². The molecule has 5 aromatic heterocycles. The first-order chi connectivity index (χ1) is 23.4. The van der Waals surface area contributed by atoms with Crippen LogP contribution in [0.5, 0.6) is 0 Å². The minimum absolute atomic E-state index is 0.376. The molecule has 0 bridgehead atoms. The Morgan fingerprint density at radius 1 is 0.604 bits per heavy atom. The van der Waals surface area contributed by atoms with E-state index < -0.39 is 11.3 Å². The maximum Gasteiger partial charge on any atom is 0.346 e. The summed E-state index contributed by atoms with van der Waals surface area (Å²) in [5.74, 6) is 1.11. The fourth-order valence-corrected chi connectivity index (χ4v) is 6.70. The summed E-state index contributed by atoms with van der Waals surface area (Å²) in [6, 6.07) is 32.9. The number of hydrogen-bond acceptors (Lipinski definition) is 7. The summed E-state index contributed by atoms with van der Waals surface area (Å²) >= 11 is 0. The number of hydrogen-bond donors (Lipinski definition) is 0. The first kappa shape index (κ1) is 27.7. The van der Waals surface area contributed by atoms with Crippen LogP contribution in [-0.2, 0) is 7.05 Å². The van der Waals surface area contributed by atoms with Gasteiger partial charge in [-0.25, -0.2) is 14.6 Å². The molecule has 0 fully saturated rings. The minimum Gasteiger partial charge on any atom is -0.453 e. The van der Waals surface area contributed by atoms with Gasteiger partial charge in [0.2, 0.25) is 0 Å². The minimum atomic E-state index is -0.467. The molecule has 0 saturated heterocycles. The summed E-state index contributed by atoms with van der Waals surface area (Å²) in [6.45, 7) is 1.91. The van der Waals surface area contributed by atoms with Gasteiger partial charge < -0.3 is 17.8 Å². The van der Waals surface area contributed by atoms with Crippen molar-refractivity contribution in [2.45, 2.75) is 6.92 Å². The zero-order valence-corrected chi connectivity index (χ0v) is 25.9. The van der Waals surface area contributed by atoms with Crippen molar-refractivity contribution in [3.63, 3.8) is 0 Å². The van der Waals surface area contributed by atoms with Crippen LogP contribution in [0.25, 0.3) is 88.9 Å². The lowest BCUT2D eigenvalue weighted by Gasteiger charge is -2.10. The summed E-state index contributed by atoms with van der Waals surface area (Å²) in [4.78, 5) is 35.5. The van der Waals surface area contributed by atoms with Gasteiger partial charge in [-0.15, -0.1) is 0 Å². The Balaban J connectivity index is 1.05. The van der Waals surface area contributed by atoms with Crippen molar-refractivity contribution < 1.29 is 13.3 Å². The van der Waals surface area contributed by atoms with E-state index in [-0.39, 0.29) is 0 Å². The average molecular weight is 628 g/mol. The van der Waals surface area contributed by atoms with E-state index >= 15 is 0 Å². The lowest BCUT2D eigenvalue weighted by Crippen LogP contribution is -2.07. The van der Waals surface area contributed by atoms with Crippen LogP contribution >= 0.6 is 0 Å². The zero-order valence-electron chi connectivity index (χ0n) is 25.9. The van der Waals surface area contributed by atoms with Gasteiger partial charge in [-0.05, 0) is 65.0 Å². The fraction of sp³-hybridized carbons (Fsp3) is 0.0500. The number of rotatable bonds is 4. The number of furan rings is 1. The first-order valence-corrected chi connectivity index (χ1v) is 15.4. The SMILES string of the molecule is Cc1c(-c2cnc(-c3ccc(-c4ccc(-c5cc6ccc7ccccc7c6oc5=O)n4C)o3)cn2)c(=O)oc2ccc3ccccc3c12. The average Bonchev–Trinajstić information content (AvgIpc) is 3.75. The molecule has 9 rings (SSSR count). The van der Waals surface area contributed by atoms with E-state index in [2.05, 4.69) is 9.97 Å². The predicted molar refractivity (Wildman–Crippen MR) is 187 cm³/mol. The Hall–Kier alpha value is -6.54. The number of fused-ring (bicyclic) bond motifs is 6. The van der Waals surface area contributed by atoms with Gasteiger partial charge in [0.05, 0.1) is 40.6 Å². The third kappa shape index (κ3) is 4.23. The van der Waals surface area contributed by atoms with Gasteiger partial charge >= 0.3 is 11.3 Å². The fourth-order valence-electron chi connectivity index (χ4n) is 6.70. The molecule has 0 saturated carbocycles. The van der Waals surface area contributed by atoms with Crippen LogP contribution in [-0.4, -0.2) is 14.5 Å². The Kier molecular flexibility index (Phi) is 6.07. The number of aryl methyl sites for hydroxylation is 1. The Labute approximate surface area is 272 Å². The molecule has 0 spiro atoms. The van der Waals surface area contributed by atoms with E-state index in [9.17, 15) is 9.59 Å². The summed E-state index contributed by atoms with van der Waals surface area (Å²) in [5.41, 5.74) is 4.25. The second-order valence-electron chi connectivity index (χ2n) is 11.8. The van der Waals surface area contributed by atoms with Gasteiger partial charge in [0, 0.05) is 23.2 Å². The molecule has 8 nitrogen and oxygen atoms in total. The standard InChI is InChI=1S/C40H25N3O5/c1-22-36-26-9-5-3-7-23(26)13-16-35(36)47-40(45)37(22)30-21-41-29(20-42-30)33-17-18-34(46-33)32-15-14-31(43(32)2)28-19-25-12-11-24-8-4-6-10-27(24)38(25)48-39(28)44/h3-21H,1-2H3. The number of aromatic nitrogens is 3. The second kappa shape index (κ2) is 10.5. The normalized spacial score (nSPS) is 11.7. The summed E-state index contributed by atoms with van der Waals surface area (Å²) in [5, 5.41) is 5.69. The monoisotopic (exact) mass is 627 g/mol.